The summed E-state index contributed by atoms with van der Waals surface area (Å²) in [5.41, 5.74) is -1.94. The van der Waals surface area contributed by atoms with Gasteiger partial charge in [-0.3, -0.25) is 34.4 Å². The summed E-state index contributed by atoms with van der Waals surface area (Å²) in [6.45, 7) is -0.622. The topological polar surface area (TPSA) is 137 Å². The molecule has 0 fully saturated rings. The van der Waals surface area contributed by atoms with Gasteiger partial charge >= 0.3 is 0 Å². The van der Waals surface area contributed by atoms with Gasteiger partial charge in [0.2, 0.25) is 5.91 Å². The number of carbonyl (C=O) groups excluding carboxylic acids is 1. The molecule has 11 heteroatoms. The number of non-ortho nitro benzene ring substituents is 1. The van der Waals surface area contributed by atoms with Crippen LogP contribution in [0, 0.1) is 26.0 Å². The van der Waals surface area contributed by atoms with Crippen molar-refractivity contribution in [2.45, 2.75) is 6.54 Å². The maximum Gasteiger partial charge on any atom is 0.285 e. The van der Waals surface area contributed by atoms with E-state index in [0.29, 0.717) is 0 Å². The van der Waals surface area contributed by atoms with Crippen LogP contribution in [0.25, 0.3) is 0 Å². The van der Waals surface area contributed by atoms with Crippen LogP contribution in [-0.4, -0.2) is 20.3 Å². The Morgan fingerprint density at radius 3 is 2.38 bits per heavy atom. The maximum atomic E-state index is 13.6. The molecule has 0 saturated heterocycles. The first-order valence-electron chi connectivity index (χ1n) is 6.36. The second kappa shape index (κ2) is 6.64. The lowest BCUT2D eigenvalue weighted by atomic mass is 10.2. The third kappa shape index (κ3) is 3.76. The van der Waals surface area contributed by atoms with Crippen molar-refractivity contribution in [3.05, 3.63) is 72.9 Å². The number of carbonyl (C=O) groups is 1. The molecular weight excluding hydrogens is 327 g/mol. The summed E-state index contributed by atoms with van der Waals surface area (Å²) in [5, 5.41) is 23.4. The molecule has 1 amide bonds. The smallest absolute Gasteiger partial charge is 0.285 e. The fraction of sp³-hybridized carbons (Fsp3) is 0.0769. The van der Waals surface area contributed by atoms with E-state index >= 15 is 0 Å². The van der Waals surface area contributed by atoms with Crippen molar-refractivity contribution in [2.75, 3.05) is 5.32 Å². The minimum absolute atomic E-state index is 0.399. The molecule has 10 nitrogen and oxygen atoms in total. The van der Waals surface area contributed by atoms with Gasteiger partial charge in [0.05, 0.1) is 21.7 Å². The summed E-state index contributed by atoms with van der Waals surface area (Å²) in [6, 6.07) is 4.46. The molecule has 0 unspecified atom stereocenters. The Bertz CT molecular complexity index is 894. The first-order valence-corrected chi connectivity index (χ1v) is 6.36. The van der Waals surface area contributed by atoms with Crippen molar-refractivity contribution < 1.29 is 19.0 Å². The Morgan fingerprint density at radius 1 is 1.12 bits per heavy atom. The molecule has 124 valence electrons. The van der Waals surface area contributed by atoms with Gasteiger partial charge in [-0.05, 0) is 6.07 Å². The molecule has 0 aliphatic rings. The highest BCUT2D eigenvalue weighted by atomic mass is 19.1. The van der Waals surface area contributed by atoms with Gasteiger partial charge in [0.1, 0.15) is 12.4 Å². The summed E-state index contributed by atoms with van der Waals surface area (Å²) < 4.78 is 14.4. The number of anilines is 1. The first-order chi connectivity index (χ1) is 11.3. The van der Waals surface area contributed by atoms with E-state index in [9.17, 15) is 34.2 Å². The van der Waals surface area contributed by atoms with Crippen LogP contribution >= 0.6 is 0 Å². The molecule has 2 rings (SSSR count). The number of rotatable bonds is 5. The van der Waals surface area contributed by atoms with Crippen molar-refractivity contribution in [2.24, 2.45) is 0 Å². The summed E-state index contributed by atoms with van der Waals surface area (Å²) >= 11 is 0. The van der Waals surface area contributed by atoms with Gasteiger partial charge in [-0.25, -0.2) is 4.39 Å². The molecule has 24 heavy (non-hydrogen) atoms. The van der Waals surface area contributed by atoms with Gasteiger partial charge < -0.3 is 5.32 Å². The number of amides is 1. The van der Waals surface area contributed by atoms with E-state index < -0.39 is 50.7 Å². The standard InChI is InChI=1S/C13H9FN4O6/c14-10-3-1-8(17(21)22)5-11(10)15-12(19)7-16-6-9(18(23)24)2-4-13(16)20/h1-6H,7H2,(H,15,19). The number of benzene rings is 1. The molecule has 0 aliphatic heterocycles. The lowest BCUT2D eigenvalue weighted by Gasteiger charge is -2.08. The monoisotopic (exact) mass is 336 g/mol. The summed E-state index contributed by atoms with van der Waals surface area (Å²) in [5.74, 6) is -1.78. The van der Waals surface area contributed by atoms with Crippen LogP contribution < -0.4 is 10.9 Å². The predicted molar refractivity (Wildman–Crippen MR) is 79.0 cm³/mol. The van der Waals surface area contributed by atoms with Crippen LogP contribution in [0.1, 0.15) is 0 Å². The highest BCUT2D eigenvalue weighted by Gasteiger charge is 2.15. The first kappa shape index (κ1) is 16.7. The highest BCUT2D eigenvalue weighted by Crippen LogP contribution is 2.21. The Kier molecular flexibility index (Phi) is 4.63. The number of nitro groups is 2. The van der Waals surface area contributed by atoms with Crippen LogP contribution in [0.15, 0.2) is 41.3 Å². The largest absolute Gasteiger partial charge is 0.322 e. The Hall–Kier alpha value is -3.63. The molecule has 1 N–H and O–H groups in total. The van der Waals surface area contributed by atoms with Crippen molar-refractivity contribution in [3.8, 4) is 0 Å². The maximum absolute atomic E-state index is 13.6. The van der Waals surface area contributed by atoms with Crippen molar-refractivity contribution in [3.63, 3.8) is 0 Å². The lowest BCUT2D eigenvalue weighted by Crippen LogP contribution is -2.27. The van der Waals surface area contributed by atoms with Gasteiger partial charge in [0.25, 0.3) is 16.9 Å². The fourth-order valence-corrected chi connectivity index (χ4v) is 1.82. The van der Waals surface area contributed by atoms with E-state index in [1.54, 1.807) is 0 Å². The number of hydrogen-bond acceptors (Lipinski definition) is 6. The quantitative estimate of drug-likeness (QED) is 0.648. The molecule has 0 aliphatic carbocycles. The van der Waals surface area contributed by atoms with Crippen LogP contribution in [0.5, 0.6) is 0 Å². The Morgan fingerprint density at radius 2 is 1.75 bits per heavy atom. The Balaban J connectivity index is 2.21. The molecule has 0 saturated carbocycles. The number of hydrogen-bond donors (Lipinski definition) is 1. The van der Waals surface area contributed by atoms with Gasteiger partial charge in [-0.1, -0.05) is 0 Å². The third-order valence-electron chi connectivity index (χ3n) is 2.93. The molecule has 0 atom stereocenters. The number of nitro benzene ring substituents is 1. The molecule has 1 heterocycles. The fourth-order valence-electron chi connectivity index (χ4n) is 1.82. The molecule has 0 bridgehead atoms. The lowest BCUT2D eigenvalue weighted by molar-refractivity contribution is -0.385. The van der Waals surface area contributed by atoms with E-state index in [2.05, 4.69) is 5.32 Å². The SMILES string of the molecule is O=C(Cn1cc([N+](=O)[O-])ccc1=O)Nc1cc([N+](=O)[O-])ccc1F. The van der Waals surface area contributed by atoms with E-state index in [0.717, 1.165) is 41.1 Å². The average molecular weight is 336 g/mol. The highest BCUT2D eigenvalue weighted by molar-refractivity contribution is 5.91. The zero-order valence-corrected chi connectivity index (χ0v) is 11.8. The third-order valence-corrected chi connectivity index (χ3v) is 2.93. The minimum atomic E-state index is -0.902. The van der Waals surface area contributed by atoms with Crippen molar-refractivity contribution >= 4 is 23.0 Å². The number of pyridine rings is 1. The van der Waals surface area contributed by atoms with Gasteiger partial charge in [-0.2, -0.15) is 0 Å². The number of aromatic nitrogens is 1. The molecule has 2 aromatic rings. The predicted octanol–water partition coefficient (Wildman–Crippen LogP) is 1.44. The van der Waals surface area contributed by atoms with Crippen LogP contribution in [0.2, 0.25) is 0 Å². The van der Waals surface area contributed by atoms with Gasteiger partial charge in [0, 0.05) is 24.3 Å². The second-order valence-corrected chi connectivity index (χ2v) is 4.58. The normalized spacial score (nSPS) is 10.2. The Labute approximate surface area is 132 Å². The van der Waals surface area contributed by atoms with E-state index in [4.69, 9.17) is 0 Å². The zero-order valence-electron chi connectivity index (χ0n) is 11.8. The van der Waals surface area contributed by atoms with Gasteiger partial charge in [0.15, 0.2) is 0 Å². The minimum Gasteiger partial charge on any atom is -0.322 e. The van der Waals surface area contributed by atoms with Gasteiger partial charge in [-0.15, -0.1) is 0 Å². The molecule has 1 aromatic carbocycles. The summed E-state index contributed by atoms with van der Waals surface area (Å²) in [4.78, 5) is 43.3. The van der Waals surface area contributed by atoms with E-state index in [1.807, 2.05) is 0 Å². The van der Waals surface area contributed by atoms with E-state index in [1.165, 1.54) is 0 Å². The van der Waals surface area contributed by atoms with Crippen LogP contribution in [-0.2, 0) is 11.3 Å². The zero-order chi connectivity index (χ0) is 17.9. The van der Waals surface area contributed by atoms with Crippen LogP contribution in [0.3, 0.4) is 0 Å². The summed E-state index contributed by atoms with van der Waals surface area (Å²) in [7, 11) is 0. The summed E-state index contributed by atoms with van der Waals surface area (Å²) in [6.07, 6.45) is 0.867. The van der Waals surface area contributed by atoms with E-state index in [-0.39, 0.29) is 0 Å². The second-order valence-electron chi connectivity index (χ2n) is 4.58. The number of halogens is 1. The molecule has 0 spiro atoms. The van der Waals surface area contributed by atoms with Crippen LogP contribution in [0.4, 0.5) is 21.5 Å². The van der Waals surface area contributed by atoms with Crippen molar-refractivity contribution in [1.82, 2.24) is 4.57 Å². The number of nitrogens with zero attached hydrogens (tertiary/aromatic N) is 3. The molecular formula is C13H9FN4O6. The molecule has 1 aromatic heterocycles. The van der Waals surface area contributed by atoms with Crippen molar-refractivity contribution in [1.29, 1.82) is 0 Å². The average Bonchev–Trinajstić information content (AvgIpc) is 2.51. The number of nitrogens with one attached hydrogen (secondary N) is 1. The molecule has 0 radical (unpaired) electrons.